The van der Waals surface area contributed by atoms with Gasteiger partial charge in [0.2, 0.25) is 0 Å². The summed E-state index contributed by atoms with van der Waals surface area (Å²) in [7, 11) is -3.08. The molecule has 0 saturated heterocycles. The highest BCUT2D eigenvalue weighted by Crippen LogP contribution is 2.31. The molecule has 2 N–H and O–H groups in total. The van der Waals surface area contributed by atoms with Gasteiger partial charge in [-0.3, -0.25) is 0 Å². The van der Waals surface area contributed by atoms with Crippen molar-refractivity contribution in [2.45, 2.75) is 42.9 Å². The Hall–Kier alpha value is -0.870. The first kappa shape index (κ1) is 11.6. The molecule has 1 aliphatic heterocycles. The molecule has 2 atom stereocenters. The van der Waals surface area contributed by atoms with E-state index in [9.17, 15) is 8.42 Å². The van der Waals surface area contributed by atoms with Crippen LogP contribution < -0.4 is 5.73 Å². The van der Waals surface area contributed by atoms with Crippen molar-refractivity contribution in [1.29, 1.82) is 0 Å². The van der Waals surface area contributed by atoms with Crippen molar-refractivity contribution in [3.05, 3.63) is 29.3 Å². The summed E-state index contributed by atoms with van der Waals surface area (Å²) in [6.07, 6.45) is 1.35. The van der Waals surface area contributed by atoms with Crippen LogP contribution in [0.5, 0.6) is 0 Å². The molecule has 16 heavy (non-hydrogen) atoms. The molecule has 2 unspecified atom stereocenters. The van der Waals surface area contributed by atoms with Crippen molar-refractivity contribution >= 4 is 9.84 Å². The lowest BCUT2D eigenvalue weighted by molar-refractivity contribution is 0.590. The van der Waals surface area contributed by atoms with E-state index in [0.717, 1.165) is 17.5 Å². The average Bonchev–Trinajstić information content (AvgIpc) is 2.39. The monoisotopic (exact) mass is 239 g/mol. The molecule has 1 aromatic rings. The number of benzene rings is 1. The third-order valence-corrected chi connectivity index (χ3v) is 5.25. The number of rotatable bonds is 2. The summed E-state index contributed by atoms with van der Waals surface area (Å²) < 4.78 is 24.0. The van der Waals surface area contributed by atoms with E-state index in [1.165, 1.54) is 0 Å². The average molecular weight is 239 g/mol. The number of fused-ring (bicyclic) bond motifs is 1. The molecule has 0 radical (unpaired) electrons. The minimum Gasteiger partial charge on any atom is -0.328 e. The Bertz CT molecular complexity index is 506. The highest BCUT2D eigenvalue weighted by molar-refractivity contribution is 7.92. The Morgan fingerprint density at radius 2 is 2.19 bits per heavy atom. The van der Waals surface area contributed by atoms with Crippen LogP contribution in [0.4, 0.5) is 0 Å². The zero-order chi connectivity index (χ0) is 11.9. The van der Waals surface area contributed by atoms with Crippen LogP contribution in [0.15, 0.2) is 23.1 Å². The number of nitrogens with two attached hydrogens (primary N) is 1. The molecule has 3 nitrogen and oxygen atoms in total. The molecule has 1 aromatic carbocycles. The topological polar surface area (TPSA) is 60.2 Å². The molecule has 0 saturated carbocycles. The van der Waals surface area contributed by atoms with Gasteiger partial charge in [0.25, 0.3) is 0 Å². The van der Waals surface area contributed by atoms with Gasteiger partial charge >= 0.3 is 0 Å². The van der Waals surface area contributed by atoms with Gasteiger partial charge in [0.1, 0.15) is 0 Å². The Morgan fingerprint density at radius 1 is 1.50 bits per heavy atom. The number of hydrogen-bond donors (Lipinski definition) is 1. The maximum atomic E-state index is 12.0. The minimum absolute atomic E-state index is 0.0552. The zero-order valence-electron chi connectivity index (χ0n) is 9.60. The van der Waals surface area contributed by atoms with Gasteiger partial charge in [-0.15, -0.1) is 0 Å². The van der Waals surface area contributed by atoms with E-state index < -0.39 is 9.84 Å². The molecule has 1 aliphatic rings. The molecule has 0 aliphatic carbocycles. The highest BCUT2D eigenvalue weighted by Gasteiger charge is 2.33. The van der Waals surface area contributed by atoms with Crippen molar-refractivity contribution in [3.8, 4) is 0 Å². The summed E-state index contributed by atoms with van der Waals surface area (Å²) in [6.45, 7) is 3.69. The molecule has 1 heterocycles. The van der Waals surface area contributed by atoms with E-state index in [1.807, 2.05) is 19.1 Å². The second-order valence-electron chi connectivity index (χ2n) is 4.68. The Labute approximate surface area is 96.6 Å². The number of sulfone groups is 1. The van der Waals surface area contributed by atoms with Gasteiger partial charge in [-0.25, -0.2) is 8.42 Å². The molecule has 0 bridgehead atoms. The van der Waals surface area contributed by atoms with Crippen LogP contribution in [0.1, 0.15) is 25.0 Å². The van der Waals surface area contributed by atoms with Crippen molar-refractivity contribution in [1.82, 2.24) is 0 Å². The van der Waals surface area contributed by atoms with Crippen LogP contribution in [0, 0.1) is 0 Å². The molecule has 0 spiro atoms. The van der Waals surface area contributed by atoms with Crippen LogP contribution in [-0.2, 0) is 22.7 Å². The lowest BCUT2D eigenvalue weighted by Gasteiger charge is -2.07. The van der Waals surface area contributed by atoms with Gasteiger partial charge in [-0.2, -0.15) is 0 Å². The summed E-state index contributed by atoms with van der Waals surface area (Å²) in [5.41, 5.74) is 7.67. The van der Waals surface area contributed by atoms with Gasteiger partial charge < -0.3 is 5.73 Å². The smallest absolute Gasteiger partial charge is 0.181 e. The van der Waals surface area contributed by atoms with Gasteiger partial charge in [0, 0.05) is 6.04 Å². The van der Waals surface area contributed by atoms with Crippen LogP contribution in [0.25, 0.3) is 0 Å². The molecule has 0 fully saturated rings. The molecule has 0 aromatic heterocycles. The third kappa shape index (κ3) is 1.87. The van der Waals surface area contributed by atoms with E-state index in [0.29, 0.717) is 11.3 Å². The SMILES string of the molecule is CC(N)Cc1ccc2c(c1)S(=O)(=O)C(C)C2. The number of hydrogen-bond acceptors (Lipinski definition) is 3. The maximum absolute atomic E-state index is 12.0. The first-order valence-corrected chi connectivity index (χ1v) is 7.07. The first-order valence-electron chi connectivity index (χ1n) is 5.52. The Morgan fingerprint density at radius 3 is 2.81 bits per heavy atom. The fourth-order valence-electron chi connectivity index (χ4n) is 2.17. The summed E-state index contributed by atoms with van der Waals surface area (Å²) in [5.74, 6) is 0. The van der Waals surface area contributed by atoms with Crippen LogP contribution >= 0.6 is 0 Å². The largest absolute Gasteiger partial charge is 0.328 e. The van der Waals surface area contributed by atoms with Gasteiger partial charge in [0.15, 0.2) is 9.84 Å². The predicted molar refractivity (Wildman–Crippen MR) is 64.1 cm³/mol. The summed E-state index contributed by atoms with van der Waals surface area (Å²) in [5, 5.41) is -0.284. The van der Waals surface area contributed by atoms with Gasteiger partial charge in [-0.1, -0.05) is 12.1 Å². The highest BCUT2D eigenvalue weighted by atomic mass is 32.2. The maximum Gasteiger partial charge on any atom is 0.181 e. The molecular formula is C12H17NO2S. The summed E-state index contributed by atoms with van der Waals surface area (Å²) >= 11 is 0. The quantitative estimate of drug-likeness (QED) is 0.846. The minimum atomic E-state index is -3.08. The van der Waals surface area contributed by atoms with Crippen molar-refractivity contribution < 1.29 is 8.42 Å². The standard InChI is InChI=1S/C12H17NO2S/c1-8(13)5-10-3-4-11-6-9(2)16(14,15)12(11)7-10/h3-4,7-9H,5-6,13H2,1-2H3. The summed E-state index contributed by atoms with van der Waals surface area (Å²) in [6, 6.07) is 5.75. The van der Waals surface area contributed by atoms with Crippen LogP contribution in [0.3, 0.4) is 0 Å². The van der Waals surface area contributed by atoms with Gasteiger partial charge in [-0.05, 0) is 43.9 Å². The lowest BCUT2D eigenvalue weighted by atomic mass is 10.0. The van der Waals surface area contributed by atoms with Crippen molar-refractivity contribution in [3.63, 3.8) is 0 Å². The molecule has 4 heteroatoms. The van der Waals surface area contributed by atoms with Crippen molar-refractivity contribution in [2.24, 2.45) is 5.73 Å². The van der Waals surface area contributed by atoms with Crippen LogP contribution in [0.2, 0.25) is 0 Å². The summed E-state index contributed by atoms with van der Waals surface area (Å²) in [4.78, 5) is 0.512. The Kier molecular flexibility index (Phi) is 2.80. The first-order chi connectivity index (χ1) is 7.41. The second-order valence-corrected chi connectivity index (χ2v) is 7.02. The molecule has 2 rings (SSSR count). The lowest BCUT2D eigenvalue weighted by Crippen LogP contribution is -2.18. The van der Waals surface area contributed by atoms with Crippen LogP contribution in [-0.4, -0.2) is 19.7 Å². The van der Waals surface area contributed by atoms with E-state index in [4.69, 9.17) is 5.73 Å². The van der Waals surface area contributed by atoms with E-state index in [1.54, 1.807) is 13.0 Å². The normalized spacial score (nSPS) is 24.1. The fraction of sp³-hybridized carbons (Fsp3) is 0.500. The fourth-order valence-corrected chi connectivity index (χ4v) is 3.83. The predicted octanol–water partition coefficient (Wildman–Crippen LogP) is 1.29. The van der Waals surface area contributed by atoms with E-state index in [-0.39, 0.29) is 11.3 Å². The zero-order valence-corrected chi connectivity index (χ0v) is 10.4. The molecular weight excluding hydrogens is 222 g/mol. The van der Waals surface area contributed by atoms with E-state index in [2.05, 4.69) is 0 Å². The molecule has 88 valence electrons. The second kappa shape index (κ2) is 3.86. The Balaban J connectivity index is 2.44. The van der Waals surface area contributed by atoms with Gasteiger partial charge in [0.05, 0.1) is 10.1 Å². The molecule has 0 amide bonds. The van der Waals surface area contributed by atoms with Crippen molar-refractivity contribution in [2.75, 3.05) is 0 Å². The third-order valence-electron chi connectivity index (χ3n) is 3.03. The van der Waals surface area contributed by atoms with E-state index >= 15 is 0 Å².